The Kier molecular flexibility index (Phi) is 6.13. The van der Waals surface area contributed by atoms with Crippen molar-refractivity contribution in [1.29, 1.82) is 0 Å². The Morgan fingerprint density at radius 3 is 2.54 bits per heavy atom. The van der Waals surface area contributed by atoms with Crippen molar-refractivity contribution in [2.75, 3.05) is 19.6 Å². The van der Waals surface area contributed by atoms with Crippen molar-refractivity contribution >= 4 is 5.91 Å². The number of hydrogen-bond donors (Lipinski definition) is 1. The number of aryl methyl sites for hydroxylation is 2. The van der Waals surface area contributed by atoms with Gasteiger partial charge in [-0.05, 0) is 70.0 Å². The van der Waals surface area contributed by atoms with Crippen LogP contribution < -0.4 is 5.32 Å². The maximum absolute atomic E-state index is 12.8. The Morgan fingerprint density at radius 2 is 1.93 bits per heavy atom. The summed E-state index contributed by atoms with van der Waals surface area (Å²) in [6.45, 7) is 7.09. The van der Waals surface area contributed by atoms with E-state index in [2.05, 4.69) is 16.3 Å². The monoisotopic (exact) mass is 394 g/mol. The van der Waals surface area contributed by atoms with Crippen molar-refractivity contribution in [3.63, 3.8) is 0 Å². The minimum atomic E-state index is -4.45. The third kappa shape index (κ3) is 5.16. The molecular formula is C21H25F3N2O2. The summed E-state index contributed by atoms with van der Waals surface area (Å²) in [5.74, 6) is 1.74. The van der Waals surface area contributed by atoms with Crippen LogP contribution in [-0.4, -0.2) is 30.4 Å². The van der Waals surface area contributed by atoms with Gasteiger partial charge in [-0.1, -0.05) is 6.07 Å². The van der Waals surface area contributed by atoms with Gasteiger partial charge in [-0.3, -0.25) is 9.69 Å². The minimum Gasteiger partial charge on any atom is -0.466 e. The first-order chi connectivity index (χ1) is 13.2. The smallest absolute Gasteiger partial charge is 0.416 e. The molecule has 1 amide bonds. The van der Waals surface area contributed by atoms with Gasteiger partial charge in [-0.2, -0.15) is 13.2 Å². The van der Waals surface area contributed by atoms with Crippen LogP contribution in [0.3, 0.4) is 0 Å². The zero-order chi connectivity index (χ0) is 20.3. The molecule has 3 rings (SSSR count). The predicted octanol–water partition coefficient (Wildman–Crippen LogP) is 4.56. The van der Waals surface area contributed by atoms with Gasteiger partial charge >= 0.3 is 6.18 Å². The molecule has 0 saturated carbocycles. The van der Waals surface area contributed by atoms with Gasteiger partial charge in [0, 0.05) is 24.2 Å². The van der Waals surface area contributed by atoms with Crippen LogP contribution in [-0.2, 0) is 12.7 Å². The summed E-state index contributed by atoms with van der Waals surface area (Å²) in [7, 11) is 0. The molecule has 152 valence electrons. The quantitative estimate of drug-likeness (QED) is 0.809. The molecule has 1 aromatic carbocycles. The fourth-order valence-corrected chi connectivity index (χ4v) is 3.61. The Morgan fingerprint density at radius 1 is 1.21 bits per heavy atom. The number of amides is 1. The van der Waals surface area contributed by atoms with Gasteiger partial charge in [0.1, 0.15) is 11.5 Å². The van der Waals surface area contributed by atoms with E-state index in [-0.39, 0.29) is 5.56 Å². The fourth-order valence-electron chi connectivity index (χ4n) is 3.61. The average Bonchev–Trinajstić information content (AvgIpc) is 2.97. The van der Waals surface area contributed by atoms with Crippen molar-refractivity contribution < 1.29 is 22.4 Å². The molecule has 0 aliphatic carbocycles. The second-order valence-electron chi connectivity index (χ2n) is 7.45. The molecule has 1 fully saturated rings. The number of piperidine rings is 1. The minimum absolute atomic E-state index is 0.0399. The molecule has 1 aromatic heterocycles. The summed E-state index contributed by atoms with van der Waals surface area (Å²) in [5.41, 5.74) is 0.435. The zero-order valence-electron chi connectivity index (χ0n) is 16.1. The highest BCUT2D eigenvalue weighted by Gasteiger charge is 2.31. The van der Waals surface area contributed by atoms with Crippen LogP contribution in [0.2, 0.25) is 0 Å². The fraction of sp³-hybridized carbons (Fsp3) is 0.476. The number of nitrogens with zero attached hydrogens (tertiary/aromatic N) is 1. The Bertz CT molecular complexity index is 821. The van der Waals surface area contributed by atoms with Crippen molar-refractivity contribution in [2.45, 2.75) is 39.4 Å². The molecule has 7 heteroatoms. The van der Waals surface area contributed by atoms with Crippen LogP contribution in [0.5, 0.6) is 0 Å². The molecule has 0 unspecified atom stereocenters. The number of alkyl halides is 3. The molecule has 0 atom stereocenters. The molecule has 1 aliphatic rings. The molecular weight excluding hydrogens is 369 g/mol. The Hall–Kier alpha value is -2.28. The first-order valence-electron chi connectivity index (χ1n) is 9.46. The molecule has 4 nitrogen and oxygen atoms in total. The molecule has 0 radical (unpaired) electrons. The highest BCUT2D eigenvalue weighted by atomic mass is 19.4. The van der Waals surface area contributed by atoms with Crippen molar-refractivity contribution in [3.05, 3.63) is 58.5 Å². The predicted molar refractivity (Wildman–Crippen MR) is 100.0 cm³/mol. The van der Waals surface area contributed by atoms with E-state index in [1.807, 2.05) is 13.8 Å². The molecule has 2 aromatic rings. The standard InChI is InChI=1S/C21H25F3N2O2/c1-14-10-18(15(2)28-14)13-26-8-6-16(7-9-26)12-25-20(27)17-4-3-5-19(11-17)21(22,23)24/h3-5,10-11,16H,6-9,12-13H2,1-2H3,(H,25,27). The zero-order valence-corrected chi connectivity index (χ0v) is 16.1. The van der Waals surface area contributed by atoms with Crippen LogP contribution >= 0.6 is 0 Å². The number of carbonyl (C=O) groups excluding carboxylic acids is 1. The molecule has 0 bridgehead atoms. The van der Waals surface area contributed by atoms with E-state index in [0.29, 0.717) is 12.5 Å². The summed E-state index contributed by atoms with van der Waals surface area (Å²) in [6.07, 6.45) is -2.56. The lowest BCUT2D eigenvalue weighted by molar-refractivity contribution is -0.137. The Labute approximate surface area is 162 Å². The molecule has 1 N–H and O–H groups in total. The maximum Gasteiger partial charge on any atom is 0.416 e. The van der Waals surface area contributed by atoms with E-state index in [4.69, 9.17) is 4.42 Å². The maximum atomic E-state index is 12.8. The number of likely N-dealkylation sites (tertiary alicyclic amines) is 1. The van der Waals surface area contributed by atoms with Crippen molar-refractivity contribution in [3.8, 4) is 0 Å². The van der Waals surface area contributed by atoms with E-state index in [1.165, 1.54) is 17.7 Å². The molecule has 28 heavy (non-hydrogen) atoms. The molecule has 2 heterocycles. The highest BCUT2D eigenvalue weighted by molar-refractivity contribution is 5.94. The van der Waals surface area contributed by atoms with Crippen LogP contribution in [0.25, 0.3) is 0 Å². The molecule has 0 spiro atoms. The topological polar surface area (TPSA) is 45.5 Å². The van der Waals surface area contributed by atoms with Crippen LogP contribution in [0.15, 0.2) is 34.7 Å². The third-order valence-corrected chi connectivity index (χ3v) is 5.25. The normalized spacial score (nSPS) is 16.3. The number of carbonyl (C=O) groups is 1. The van der Waals surface area contributed by atoms with E-state index in [9.17, 15) is 18.0 Å². The Balaban J connectivity index is 1.46. The van der Waals surface area contributed by atoms with Crippen LogP contribution in [0.4, 0.5) is 13.2 Å². The summed E-state index contributed by atoms with van der Waals surface area (Å²) >= 11 is 0. The van der Waals surface area contributed by atoms with Gasteiger partial charge in [0.25, 0.3) is 5.91 Å². The SMILES string of the molecule is Cc1cc(CN2CCC(CNC(=O)c3cccc(C(F)(F)F)c3)CC2)c(C)o1. The van der Waals surface area contributed by atoms with E-state index in [0.717, 1.165) is 56.1 Å². The highest BCUT2D eigenvalue weighted by Crippen LogP contribution is 2.29. The summed E-state index contributed by atoms with van der Waals surface area (Å²) in [5, 5.41) is 2.78. The first-order valence-corrected chi connectivity index (χ1v) is 9.46. The number of furan rings is 1. The van der Waals surface area contributed by atoms with Gasteiger partial charge in [-0.15, -0.1) is 0 Å². The van der Waals surface area contributed by atoms with Crippen molar-refractivity contribution in [2.24, 2.45) is 5.92 Å². The second-order valence-corrected chi connectivity index (χ2v) is 7.45. The summed E-state index contributed by atoms with van der Waals surface area (Å²) < 4.78 is 43.9. The lowest BCUT2D eigenvalue weighted by atomic mass is 9.96. The summed E-state index contributed by atoms with van der Waals surface area (Å²) in [6, 6.07) is 6.60. The third-order valence-electron chi connectivity index (χ3n) is 5.25. The lowest BCUT2D eigenvalue weighted by Crippen LogP contribution is -2.38. The molecule has 1 saturated heterocycles. The lowest BCUT2D eigenvalue weighted by Gasteiger charge is -2.31. The second kappa shape index (κ2) is 8.39. The van der Waals surface area contributed by atoms with Crippen LogP contribution in [0.1, 0.15) is 45.8 Å². The number of nitrogens with one attached hydrogen (secondary N) is 1. The summed E-state index contributed by atoms with van der Waals surface area (Å²) in [4.78, 5) is 14.6. The van der Waals surface area contributed by atoms with Gasteiger partial charge in [0.05, 0.1) is 5.56 Å². The van der Waals surface area contributed by atoms with E-state index >= 15 is 0 Å². The average molecular weight is 394 g/mol. The largest absolute Gasteiger partial charge is 0.466 e. The van der Waals surface area contributed by atoms with Gasteiger partial charge in [-0.25, -0.2) is 0 Å². The van der Waals surface area contributed by atoms with Gasteiger partial charge < -0.3 is 9.73 Å². The number of rotatable bonds is 5. The number of hydrogen-bond acceptors (Lipinski definition) is 3. The number of halogens is 3. The van der Waals surface area contributed by atoms with Crippen LogP contribution in [0, 0.1) is 19.8 Å². The van der Waals surface area contributed by atoms with Gasteiger partial charge in [0.2, 0.25) is 0 Å². The first kappa shape index (κ1) is 20.5. The van der Waals surface area contributed by atoms with Crippen molar-refractivity contribution in [1.82, 2.24) is 10.2 Å². The molecule has 1 aliphatic heterocycles. The van der Waals surface area contributed by atoms with E-state index < -0.39 is 17.6 Å². The number of benzene rings is 1. The van der Waals surface area contributed by atoms with Gasteiger partial charge in [0.15, 0.2) is 0 Å². The van der Waals surface area contributed by atoms with E-state index in [1.54, 1.807) is 0 Å².